The minimum absolute atomic E-state index is 0.214. The molecule has 3 aliphatic heterocycles. The van der Waals surface area contributed by atoms with Crippen LogP contribution in [0, 0.1) is 23.6 Å². The third-order valence-corrected chi connectivity index (χ3v) is 6.25. The SMILES string of the molecule is CC(C)C[C@@H]1[NH2+][C@]2(C(=O)Nc3ccc(F)cc32)[C@@H]2C(=O)N(C(C)(C)C)C(=O)[C@H]12. The Hall–Kier alpha value is -2.28. The van der Waals surface area contributed by atoms with E-state index in [1.54, 1.807) is 0 Å². The first-order valence-electron chi connectivity index (χ1n) is 9.84. The van der Waals surface area contributed by atoms with Crippen LogP contribution in [0.3, 0.4) is 0 Å². The van der Waals surface area contributed by atoms with Gasteiger partial charge in [-0.3, -0.25) is 19.3 Å². The van der Waals surface area contributed by atoms with Crippen molar-refractivity contribution < 1.29 is 24.1 Å². The van der Waals surface area contributed by atoms with Gasteiger partial charge in [-0.15, -0.1) is 0 Å². The number of carbonyl (C=O) groups is 3. The van der Waals surface area contributed by atoms with E-state index in [9.17, 15) is 18.8 Å². The van der Waals surface area contributed by atoms with Crippen molar-refractivity contribution in [1.82, 2.24) is 4.90 Å². The first kappa shape index (κ1) is 19.1. The third kappa shape index (κ3) is 2.38. The molecular weight excluding hydrogens is 361 g/mol. The Kier molecular flexibility index (Phi) is 3.99. The molecule has 3 heterocycles. The zero-order valence-electron chi connectivity index (χ0n) is 16.9. The maximum absolute atomic E-state index is 14.1. The van der Waals surface area contributed by atoms with Crippen LogP contribution in [0.4, 0.5) is 10.1 Å². The van der Waals surface area contributed by atoms with E-state index in [4.69, 9.17) is 0 Å². The van der Waals surface area contributed by atoms with Crippen molar-refractivity contribution in [2.45, 2.75) is 58.2 Å². The second kappa shape index (κ2) is 5.86. The molecule has 0 saturated carbocycles. The Balaban J connectivity index is 1.91. The van der Waals surface area contributed by atoms with Crippen LogP contribution in [0.25, 0.3) is 0 Å². The van der Waals surface area contributed by atoms with E-state index in [0.29, 0.717) is 23.6 Å². The maximum Gasteiger partial charge on any atom is 0.291 e. The molecule has 4 atom stereocenters. The number of carbonyl (C=O) groups excluding carboxylic acids is 3. The summed E-state index contributed by atoms with van der Waals surface area (Å²) in [5.41, 5.74) is -0.993. The summed E-state index contributed by atoms with van der Waals surface area (Å²) in [6.45, 7) is 9.57. The molecule has 0 radical (unpaired) electrons. The maximum atomic E-state index is 14.1. The van der Waals surface area contributed by atoms with Crippen molar-refractivity contribution in [2.75, 3.05) is 5.32 Å². The molecule has 3 N–H and O–H groups in total. The van der Waals surface area contributed by atoms with Crippen LogP contribution in [-0.4, -0.2) is 34.2 Å². The van der Waals surface area contributed by atoms with Gasteiger partial charge >= 0.3 is 0 Å². The number of hydrogen-bond donors (Lipinski definition) is 2. The summed E-state index contributed by atoms with van der Waals surface area (Å²) in [4.78, 5) is 41.3. The van der Waals surface area contributed by atoms with Gasteiger partial charge in [-0.2, -0.15) is 0 Å². The normalized spacial score (nSPS) is 31.8. The molecule has 3 aliphatic rings. The average molecular weight is 388 g/mol. The van der Waals surface area contributed by atoms with E-state index in [0.717, 1.165) is 0 Å². The number of nitrogens with one attached hydrogen (secondary N) is 1. The van der Waals surface area contributed by atoms with Gasteiger partial charge in [-0.05, 0) is 44.9 Å². The van der Waals surface area contributed by atoms with Gasteiger partial charge in [0.1, 0.15) is 23.7 Å². The van der Waals surface area contributed by atoms with Gasteiger partial charge in [-0.1, -0.05) is 13.8 Å². The Morgan fingerprint density at radius 3 is 2.50 bits per heavy atom. The number of nitrogens with zero attached hydrogens (tertiary/aromatic N) is 1. The van der Waals surface area contributed by atoms with Crippen LogP contribution in [0.5, 0.6) is 0 Å². The molecule has 28 heavy (non-hydrogen) atoms. The number of hydrogen-bond acceptors (Lipinski definition) is 3. The molecule has 6 nitrogen and oxygen atoms in total. The van der Waals surface area contributed by atoms with Crippen LogP contribution in [0.2, 0.25) is 0 Å². The van der Waals surface area contributed by atoms with E-state index in [-0.39, 0.29) is 23.8 Å². The minimum Gasteiger partial charge on any atom is -0.326 e. The van der Waals surface area contributed by atoms with Crippen molar-refractivity contribution in [3.05, 3.63) is 29.6 Å². The number of nitrogens with two attached hydrogens (primary N) is 1. The summed E-state index contributed by atoms with van der Waals surface area (Å²) in [5, 5.41) is 4.67. The number of anilines is 1. The van der Waals surface area contributed by atoms with E-state index < -0.39 is 28.7 Å². The second-order valence-electron chi connectivity index (χ2n) is 9.66. The molecule has 1 spiro atoms. The number of halogens is 1. The summed E-state index contributed by atoms with van der Waals surface area (Å²) in [6, 6.07) is 3.93. The van der Waals surface area contributed by atoms with Crippen LogP contribution >= 0.6 is 0 Å². The molecule has 0 aliphatic carbocycles. The molecule has 150 valence electrons. The van der Waals surface area contributed by atoms with Crippen molar-refractivity contribution in [2.24, 2.45) is 17.8 Å². The second-order valence-corrected chi connectivity index (χ2v) is 9.66. The van der Waals surface area contributed by atoms with Gasteiger partial charge in [0, 0.05) is 17.5 Å². The summed E-state index contributed by atoms with van der Waals surface area (Å²) >= 11 is 0. The van der Waals surface area contributed by atoms with Crippen molar-refractivity contribution in [3.63, 3.8) is 0 Å². The fraction of sp³-hybridized carbons (Fsp3) is 0.571. The lowest BCUT2D eigenvalue weighted by atomic mass is 9.76. The van der Waals surface area contributed by atoms with E-state index in [1.165, 1.54) is 23.1 Å². The smallest absolute Gasteiger partial charge is 0.291 e. The lowest BCUT2D eigenvalue weighted by molar-refractivity contribution is -0.734. The molecule has 3 amide bonds. The number of benzene rings is 1. The molecule has 4 rings (SSSR count). The van der Waals surface area contributed by atoms with Gasteiger partial charge < -0.3 is 10.6 Å². The number of imide groups is 1. The molecular formula is C21H27FN3O3+. The zero-order chi connectivity index (χ0) is 20.6. The molecule has 1 aromatic carbocycles. The summed E-state index contributed by atoms with van der Waals surface area (Å²) < 4.78 is 14.1. The van der Waals surface area contributed by atoms with Crippen molar-refractivity contribution in [1.29, 1.82) is 0 Å². The third-order valence-electron chi connectivity index (χ3n) is 6.25. The van der Waals surface area contributed by atoms with Gasteiger partial charge in [0.25, 0.3) is 5.91 Å². The lowest BCUT2D eigenvalue weighted by Crippen LogP contribution is -2.99. The quantitative estimate of drug-likeness (QED) is 0.751. The summed E-state index contributed by atoms with van der Waals surface area (Å²) in [7, 11) is 0. The Bertz CT molecular complexity index is 891. The fourth-order valence-corrected chi connectivity index (χ4v) is 5.36. The summed E-state index contributed by atoms with van der Waals surface area (Å²) in [6.07, 6.45) is 0.692. The standard InChI is InChI=1S/C21H26FN3O3/c1-10(2)8-14-15-16(18(27)25(17(15)26)20(3,4)5)21(24-14)12-9-11(22)6-7-13(12)23-19(21)28/h6-7,9-10,14-16,24H,8H2,1-5H3,(H,23,28)/p+1/t14-,15+,16-,21-/m0/s1. The largest absolute Gasteiger partial charge is 0.326 e. The molecule has 0 bridgehead atoms. The lowest BCUT2D eigenvalue weighted by Gasteiger charge is -2.33. The highest BCUT2D eigenvalue weighted by atomic mass is 19.1. The molecule has 0 unspecified atom stereocenters. The highest BCUT2D eigenvalue weighted by Gasteiger charge is 2.74. The van der Waals surface area contributed by atoms with Crippen molar-refractivity contribution >= 4 is 23.4 Å². The monoisotopic (exact) mass is 388 g/mol. The van der Waals surface area contributed by atoms with Crippen LogP contribution in [0.15, 0.2) is 18.2 Å². The van der Waals surface area contributed by atoms with Gasteiger partial charge in [0.2, 0.25) is 17.4 Å². The molecule has 1 aromatic rings. The van der Waals surface area contributed by atoms with Gasteiger partial charge in [-0.25, -0.2) is 4.39 Å². The first-order valence-corrected chi connectivity index (χ1v) is 9.84. The molecule has 2 fully saturated rings. The first-order chi connectivity index (χ1) is 13.0. The molecule has 7 heteroatoms. The predicted molar refractivity (Wildman–Crippen MR) is 100 cm³/mol. The average Bonchev–Trinajstić information content (AvgIpc) is 3.12. The number of rotatable bonds is 2. The topological polar surface area (TPSA) is 83.1 Å². The molecule has 2 saturated heterocycles. The highest BCUT2D eigenvalue weighted by molar-refractivity contribution is 6.14. The number of amides is 3. The van der Waals surface area contributed by atoms with E-state index in [1.807, 2.05) is 26.1 Å². The van der Waals surface area contributed by atoms with E-state index >= 15 is 0 Å². The van der Waals surface area contributed by atoms with Crippen LogP contribution in [-0.2, 0) is 19.9 Å². The number of quaternary nitrogens is 1. The Labute approximate surface area is 163 Å². The zero-order valence-corrected chi connectivity index (χ0v) is 16.9. The predicted octanol–water partition coefficient (Wildman–Crippen LogP) is 1.36. The molecule has 0 aromatic heterocycles. The van der Waals surface area contributed by atoms with Crippen LogP contribution < -0.4 is 10.6 Å². The van der Waals surface area contributed by atoms with Gasteiger partial charge in [0.15, 0.2) is 0 Å². The Morgan fingerprint density at radius 1 is 1.21 bits per heavy atom. The van der Waals surface area contributed by atoms with Crippen molar-refractivity contribution in [3.8, 4) is 0 Å². The van der Waals surface area contributed by atoms with Gasteiger partial charge in [0.05, 0.1) is 5.69 Å². The number of likely N-dealkylation sites (tertiary alicyclic amines) is 1. The van der Waals surface area contributed by atoms with E-state index in [2.05, 4.69) is 19.2 Å². The Morgan fingerprint density at radius 2 is 1.89 bits per heavy atom. The fourth-order valence-electron chi connectivity index (χ4n) is 5.36. The van der Waals surface area contributed by atoms with Crippen LogP contribution in [0.1, 0.15) is 46.6 Å². The number of fused-ring (bicyclic) bond motifs is 4. The highest BCUT2D eigenvalue weighted by Crippen LogP contribution is 2.50. The summed E-state index contributed by atoms with van der Waals surface area (Å²) in [5.74, 6) is -2.49. The minimum atomic E-state index is -1.30.